The highest BCUT2D eigenvalue weighted by Crippen LogP contribution is 2.39. The summed E-state index contributed by atoms with van der Waals surface area (Å²) >= 11 is 0. The minimum Gasteiger partial charge on any atom is -0.356 e. The second kappa shape index (κ2) is 5.66. The van der Waals surface area contributed by atoms with Crippen molar-refractivity contribution in [2.24, 2.45) is 0 Å². The maximum Gasteiger partial charge on any atom is 0.219 e. The highest BCUT2D eigenvalue weighted by molar-refractivity contribution is 5.91. The van der Waals surface area contributed by atoms with Crippen LogP contribution >= 0.6 is 0 Å². The molecule has 20 heavy (non-hydrogen) atoms. The van der Waals surface area contributed by atoms with Crippen LogP contribution in [0.3, 0.4) is 0 Å². The van der Waals surface area contributed by atoms with Crippen molar-refractivity contribution in [2.75, 3.05) is 6.54 Å². The molecule has 0 aliphatic heterocycles. The first-order valence-corrected chi connectivity index (χ1v) is 7.57. The first kappa shape index (κ1) is 13.2. The maximum atomic E-state index is 11.5. The average molecular weight is 267 g/mol. The fraction of sp³-hybridized carbons (Fsp3) is 0.389. The van der Waals surface area contributed by atoms with Crippen LogP contribution in [0.15, 0.2) is 36.4 Å². The molecular formula is C18H21NO. The SMILES string of the molecule is CCCC(=O)NCC[C@@H]1Cc2cccc3cccc1c23. The number of benzene rings is 2. The summed E-state index contributed by atoms with van der Waals surface area (Å²) in [4.78, 5) is 11.5. The van der Waals surface area contributed by atoms with E-state index in [2.05, 4.69) is 41.7 Å². The van der Waals surface area contributed by atoms with Crippen molar-refractivity contribution in [3.63, 3.8) is 0 Å². The molecule has 0 saturated heterocycles. The number of carbonyl (C=O) groups is 1. The molecule has 0 saturated carbocycles. The molecule has 2 heteroatoms. The molecule has 0 spiro atoms. The van der Waals surface area contributed by atoms with Crippen LogP contribution in [0.2, 0.25) is 0 Å². The third-order valence-electron chi connectivity index (χ3n) is 4.22. The largest absolute Gasteiger partial charge is 0.356 e. The van der Waals surface area contributed by atoms with Gasteiger partial charge in [-0.2, -0.15) is 0 Å². The van der Waals surface area contributed by atoms with Gasteiger partial charge in [-0.25, -0.2) is 0 Å². The van der Waals surface area contributed by atoms with Gasteiger partial charge in [0.15, 0.2) is 0 Å². The minimum atomic E-state index is 0.182. The van der Waals surface area contributed by atoms with Crippen molar-refractivity contribution in [3.05, 3.63) is 47.5 Å². The molecular weight excluding hydrogens is 246 g/mol. The Balaban J connectivity index is 1.70. The lowest BCUT2D eigenvalue weighted by atomic mass is 9.96. The lowest BCUT2D eigenvalue weighted by Crippen LogP contribution is -2.25. The van der Waals surface area contributed by atoms with E-state index in [0.29, 0.717) is 12.3 Å². The van der Waals surface area contributed by atoms with Gasteiger partial charge in [0.2, 0.25) is 5.91 Å². The van der Waals surface area contributed by atoms with Gasteiger partial charge in [-0.05, 0) is 47.1 Å². The fourth-order valence-electron chi connectivity index (χ4n) is 3.29. The summed E-state index contributed by atoms with van der Waals surface area (Å²) in [5.74, 6) is 0.735. The van der Waals surface area contributed by atoms with Crippen molar-refractivity contribution in [3.8, 4) is 0 Å². The molecule has 1 N–H and O–H groups in total. The Morgan fingerprint density at radius 2 is 2.05 bits per heavy atom. The van der Waals surface area contributed by atoms with E-state index < -0.39 is 0 Å². The monoisotopic (exact) mass is 267 g/mol. The number of hydrogen-bond donors (Lipinski definition) is 1. The van der Waals surface area contributed by atoms with Gasteiger partial charge >= 0.3 is 0 Å². The molecule has 0 unspecified atom stereocenters. The Morgan fingerprint density at radius 1 is 1.25 bits per heavy atom. The molecule has 1 aliphatic rings. The van der Waals surface area contributed by atoms with Gasteiger partial charge in [-0.3, -0.25) is 4.79 Å². The molecule has 2 aromatic rings. The molecule has 0 radical (unpaired) electrons. The third kappa shape index (κ3) is 2.43. The molecule has 0 aromatic heterocycles. The Morgan fingerprint density at radius 3 is 2.85 bits per heavy atom. The van der Waals surface area contributed by atoms with Crippen LogP contribution in [0, 0.1) is 0 Å². The average Bonchev–Trinajstić information content (AvgIpc) is 2.80. The van der Waals surface area contributed by atoms with E-state index in [-0.39, 0.29) is 5.91 Å². The van der Waals surface area contributed by atoms with Crippen molar-refractivity contribution >= 4 is 16.7 Å². The quantitative estimate of drug-likeness (QED) is 0.877. The summed E-state index contributed by atoms with van der Waals surface area (Å²) in [6.45, 7) is 2.82. The van der Waals surface area contributed by atoms with Crippen molar-refractivity contribution < 1.29 is 4.79 Å². The smallest absolute Gasteiger partial charge is 0.219 e. The molecule has 2 aromatic carbocycles. The van der Waals surface area contributed by atoms with Crippen LogP contribution in [0.1, 0.15) is 43.2 Å². The van der Waals surface area contributed by atoms with Gasteiger partial charge in [-0.15, -0.1) is 0 Å². The summed E-state index contributed by atoms with van der Waals surface area (Å²) in [6, 6.07) is 13.2. The van der Waals surface area contributed by atoms with E-state index in [1.807, 2.05) is 6.92 Å². The molecule has 0 heterocycles. The van der Waals surface area contributed by atoms with Crippen LogP contribution in [-0.4, -0.2) is 12.5 Å². The first-order valence-electron chi connectivity index (χ1n) is 7.57. The summed E-state index contributed by atoms with van der Waals surface area (Å²) < 4.78 is 0. The second-order valence-corrected chi connectivity index (χ2v) is 5.65. The highest BCUT2D eigenvalue weighted by atomic mass is 16.1. The fourth-order valence-corrected chi connectivity index (χ4v) is 3.29. The lowest BCUT2D eigenvalue weighted by molar-refractivity contribution is -0.121. The number of hydrogen-bond acceptors (Lipinski definition) is 1. The zero-order chi connectivity index (χ0) is 13.9. The van der Waals surface area contributed by atoms with Gasteiger partial charge in [0.05, 0.1) is 0 Å². The zero-order valence-electron chi connectivity index (χ0n) is 12.0. The standard InChI is InChI=1S/C18H21NO/c1-2-5-17(20)19-11-10-14-12-15-8-3-6-13-7-4-9-16(14)18(13)15/h3-4,6-9,14H,2,5,10-12H2,1H3,(H,19,20)/t14-/m1/s1. The predicted molar refractivity (Wildman–Crippen MR) is 82.9 cm³/mol. The van der Waals surface area contributed by atoms with E-state index in [1.54, 1.807) is 0 Å². The Hall–Kier alpha value is -1.83. The van der Waals surface area contributed by atoms with Crippen molar-refractivity contribution in [1.82, 2.24) is 5.32 Å². The van der Waals surface area contributed by atoms with Crippen LogP contribution < -0.4 is 5.32 Å². The second-order valence-electron chi connectivity index (χ2n) is 5.65. The van der Waals surface area contributed by atoms with Crippen molar-refractivity contribution in [2.45, 2.75) is 38.5 Å². The lowest BCUT2D eigenvalue weighted by Gasteiger charge is -2.12. The molecule has 3 rings (SSSR count). The van der Waals surface area contributed by atoms with Gasteiger partial charge in [0.25, 0.3) is 0 Å². The van der Waals surface area contributed by atoms with E-state index in [0.717, 1.165) is 25.8 Å². The minimum absolute atomic E-state index is 0.182. The van der Waals surface area contributed by atoms with Gasteiger partial charge in [0.1, 0.15) is 0 Å². The topological polar surface area (TPSA) is 29.1 Å². The molecule has 1 amide bonds. The number of amides is 1. The van der Waals surface area contributed by atoms with Gasteiger partial charge in [-0.1, -0.05) is 43.3 Å². The summed E-state index contributed by atoms with van der Waals surface area (Å²) in [6.07, 6.45) is 3.70. The van der Waals surface area contributed by atoms with Gasteiger partial charge < -0.3 is 5.32 Å². The third-order valence-corrected chi connectivity index (χ3v) is 4.22. The molecule has 104 valence electrons. The van der Waals surface area contributed by atoms with Crippen LogP contribution in [0.4, 0.5) is 0 Å². The Bertz CT molecular complexity index is 627. The summed E-state index contributed by atoms with van der Waals surface area (Å²) in [5, 5.41) is 5.82. The molecule has 1 atom stereocenters. The van der Waals surface area contributed by atoms with Crippen LogP contribution in [0.5, 0.6) is 0 Å². The van der Waals surface area contributed by atoms with E-state index in [4.69, 9.17) is 0 Å². The normalized spacial score (nSPS) is 16.6. The van der Waals surface area contributed by atoms with Crippen molar-refractivity contribution in [1.29, 1.82) is 0 Å². The van der Waals surface area contributed by atoms with Crippen LogP contribution in [-0.2, 0) is 11.2 Å². The zero-order valence-corrected chi connectivity index (χ0v) is 12.0. The molecule has 1 aliphatic carbocycles. The van der Waals surface area contributed by atoms with Gasteiger partial charge in [0, 0.05) is 13.0 Å². The molecule has 0 fully saturated rings. The highest BCUT2D eigenvalue weighted by Gasteiger charge is 2.23. The number of nitrogens with one attached hydrogen (secondary N) is 1. The first-order chi connectivity index (χ1) is 9.79. The van der Waals surface area contributed by atoms with E-state index in [9.17, 15) is 4.79 Å². The molecule has 0 bridgehead atoms. The van der Waals surface area contributed by atoms with E-state index in [1.165, 1.54) is 21.9 Å². The Kier molecular flexibility index (Phi) is 3.72. The predicted octanol–water partition coefficient (Wildman–Crippen LogP) is 3.79. The maximum absolute atomic E-state index is 11.5. The number of carbonyl (C=O) groups excluding carboxylic acids is 1. The van der Waals surface area contributed by atoms with Crippen LogP contribution in [0.25, 0.3) is 10.8 Å². The number of rotatable bonds is 5. The molecule has 2 nitrogen and oxygen atoms in total. The Labute approximate surface area is 120 Å². The summed E-state index contributed by atoms with van der Waals surface area (Å²) in [7, 11) is 0. The van der Waals surface area contributed by atoms with E-state index >= 15 is 0 Å². The summed E-state index contributed by atoms with van der Waals surface area (Å²) in [5.41, 5.74) is 2.92.